The smallest absolute Gasteiger partial charge is 0.102 e. The summed E-state index contributed by atoms with van der Waals surface area (Å²) in [4.78, 5) is 1.01. The summed E-state index contributed by atoms with van der Waals surface area (Å²) in [5.74, 6) is 5.58. The lowest BCUT2D eigenvalue weighted by Crippen LogP contribution is -2.30. The molecule has 0 aromatic carbocycles. The molecule has 2 rings (SSSR count). The molecule has 1 unspecified atom stereocenters. The summed E-state index contributed by atoms with van der Waals surface area (Å²) in [6.45, 7) is 2.04. The summed E-state index contributed by atoms with van der Waals surface area (Å²) >= 11 is 1.34. The molecule has 0 amide bonds. The van der Waals surface area contributed by atoms with Gasteiger partial charge in [-0.1, -0.05) is 16.6 Å². The molecule has 2 aromatic rings. The van der Waals surface area contributed by atoms with E-state index in [-0.39, 0.29) is 6.04 Å². The molecule has 0 saturated heterocycles. The summed E-state index contributed by atoms with van der Waals surface area (Å²) in [5.41, 5.74) is 4.60. The molecular weight excluding hydrogens is 226 g/mol. The van der Waals surface area contributed by atoms with Crippen LogP contribution in [0.1, 0.15) is 29.2 Å². The van der Waals surface area contributed by atoms with Crippen LogP contribution in [0.5, 0.6) is 0 Å². The molecule has 7 nitrogen and oxygen atoms in total. The Morgan fingerprint density at radius 1 is 1.62 bits per heavy atom. The molecule has 0 spiro atoms. The molecule has 0 aliphatic rings. The fourth-order valence-corrected chi connectivity index (χ4v) is 2.35. The van der Waals surface area contributed by atoms with Crippen LogP contribution in [0.4, 0.5) is 0 Å². The van der Waals surface area contributed by atoms with Crippen LogP contribution in [0.15, 0.2) is 6.20 Å². The predicted molar refractivity (Wildman–Crippen MR) is 59.5 cm³/mol. The zero-order valence-corrected chi connectivity index (χ0v) is 9.90. The van der Waals surface area contributed by atoms with E-state index in [2.05, 4.69) is 25.3 Å². The maximum Gasteiger partial charge on any atom is 0.102 e. The van der Waals surface area contributed by atoms with Crippen molar-refractivity contribution in [1.82, 2.24) is 30.0 Å². The lowest BCUT2D eigenvalue weighted by Gasteiger charge is -2.13. The molecule has 86 valence electrons. The molecule has 8 heteroatoms. The topological polar surface area (TPSA) is 94.5 Å². The first kappa shape index (κ1) is 11.1. The first-order chi connectivity index (χ1) is 7.77. The quantitative estimate of drug-likeness (QED) is 0.566. The van der Waals surface area contributed by atoms with Gasteiger partial charge in [0.05, 0.1) is 22.5 Å². The van der Waals surface area contributed by atoms with Gasteiger partial charge in [0.2, 0.25) is 0 Å². The maximum absolute atomic E-state index is 5.58. The highest BCUT2D eigenvalue weighted by Crippen LogP contribution is 2.25. The lowest BCUT2D eigenvalue weighted by atomic mass is 10.1. The van der Waals surface area contributed by atoms with Crippen LogP contribution in [0, 0.1) is 0 Å². The van der Waals surface area contributed by atoms with Crippen LogP contribution in [0.3, 0.4) is 0 Å². The Labute approximate surface area is 96.8 Å². The minimum atomic E-state index is -0.157. The SMILES string of the molecule is CCc1nnsc1C(NN)c1cnnn1C. The zero-order chi connectivity index (χ0) is 11.5. The molecule has 0 aliphatic carbocycles. The third-order valence-corrected chi connectivity index (χ3v) is 3.23. The number of hydrazine groups is 1. The largest absolute Gasteiger partial charge is 0.270 e. The minimum Gasteiger partial charge on any atom is -0.270 e. The second kappa shape index (κ2) is 4.64. The van der Waals surface area contributed by atoms with Crippen molar-refractivity contribution in [2.24, 2.45) is 12.9 Å². The average molecular weight is 239 g/mol. The zero-order valence-electron chi connectivity index (χ0n) is 9.08. The maximum atomic E-state index is 5.58. The number of aromatic nitrogens is 5. The van der Waals surface area contributed by atoms with Gasteiger partial charge in [-0.05, 0) is 18.0 Å². The van der Waals surface area contributed by atoms with Crippen molar-refractivity contribution in [3.8, 4) is 0 Å². The van der Waals surface area contributed by atoms with Crippen molar-refractivity contribution >= 4 is 11.5 Å². The number of hydrogen-bond donors (Lipinski definition) is 2. The second-order valence-corrected chi connectivity index (χ2v) is 4.11. The molecule has 1 atom stereocenters. The van der Waals surface area contributed by atoms with Crippen molar-refractivity contribution in [3.05, 3.63) is 22.5 Å². The van der Waals surface area contributed by atoms with E-state index in [4.69, 9.17) is 5.84 Å². The number of nitrogens with zero attached hydrogens (tertiary/aromatic N) is 5. The summed E-state index contributed by atoms with van der Waals surface area (Å²) in [5, 5.41) is 11.8. The molecule has 2 aromatic heterocycles. The predicted octanol–water partition coefficient (Wildman–Crippen LogP) is -0.218. The Morgan fingerprint density at radius 3 is 3.00 bits per heavy atom. The molecular formula is C8H13N7S. The van der Waals surface area contributed by atoms with Gasteiger partial charge < -0.3 is 0 Å². The highest BCUT2D eigenvalue weighted by Gasteiger charge is 2.22. The second-order valence-electron chi connectivity index (χ2n) is 3.32. The summed E-state index contributed by atoms with van der Waals surface area (Å²) in [7, 11) is 1.83. The van der Waals surface area contributed by atoms with E-state index < -0.39 is 0 Å². The van der Waals surface area contributed by atoms with Crippen LogP contribution < -0.4 is 11.3 Å². The molecule has 0 radical (unpaired) electrons. The monoisotopic (exact) mass is 239 g/mol. The van der Waals surface area contributed by atoms with Gasteiger partial charge in [0.1, 0.15) is 6.04 Å². The molecule has 16 heavy (non-hydrogen) atoms. The van der Waals surface area contributed by atoms with Gasteiger partial charge in [-0.25, -0.2) is 5.43 Å². The van der Waals surface area contributed by atoms with Crippen molar-refractivity contribution in [2.75, 3.05) is 0 Å². The molecule has 3 N–H and O–H groups in total. The number of nitrogens with two attached hydrogens (primary N) is 1. The molecule has 0 bridgehead atoms. The van der Waals surface area contributed by atoms with Gasteiger partial charge in [0, 0.05) is 7.05 Å². The van der Waals surface area contributed by atoms with Gasteiger partial charge in [0.15, 0.2) is 0 Å². The number of aryl methyl sites for hydroxylation is 2. The van der Waals surface area contributed by atoms with Crippen LogP contribution >= 0.6 is 11.5 Å². The summed E-state index contributed by atoms with van der Waals surface area (Å²) < 4.78 is 5.63. The third-order valence-electron chi connectivity index (χ3n) is 2.39. The van der Waals surface area contributed by atoms with Gasteiger partial charge >= 0.3 is 0 Å². The van der Waals surface area contributed by atoms with Crippen LogP contribution in [-0.4, -0.2) is 24.6 Å². The average Bonchev–Trinajstić information content (AvgIpc) is 2.90. The van der Waals surface area contributed by atoms with Crippen molar-refractivity contribution in [3.63, 3.8) is 0 Å². The van der Waals surface area contributed by atoms with Crippen LogP contribution in [0.2, 0.25) is 0 Å². The molecule has 0 saturated carbocycles. The molecule has 0 aliphatic heterocycles. The van der Waals surface area contributed by atoms with Gasteiger partial charge in [-0.2, -0.15) is 0 Å². The molecule has 0 fully saturated rings. The Kier molecular flexibility index (Phi) is 3.22. The van der Waals surface area contributed by atoms with Gasteiger partial charge in [-0.15, -0.1) is 10.2 Å². The lowest BCUT2D eigenvalue weighted by molar-refractivity contribution is 0.572. The van der Waals surface area contributed by atoms with Crippen molar-refractivity contribution in [2.45, 2.75) is 19.4 Å². The minimum absolute atomic E-state index is 0.157. The van der Waals surface area contributed by atoms with Gasteiger partial charge in [0.25, 0.3) is 0 Å². The fourth-order valence-electron chi connectivity index (χ4n) is 1.53. The number of nitrogens with one attached hydrogen (secondary N) is 1. The van der Waals surface area contributed by atoms with E-state index in [1.165, 1.54) is 11.5 Å². The van der Waals surface area contributed by atoms with E-state index in [0.29, 0.717) is 0 Å². The highest BCUT2D eigenvalue weighted by molar-refractivity contribution is 7.05. The standard InChI is InChI=1S/C8H13N7S/c1-3-5-8(16-14-12-5)7(11-9)6-4-10-13-15(6)2/h4,7,11H,3,9H2,1-2H3. The van der Waals surface area contributed by atoms with E-state index >= 15 is 0 Å². The molecule has 2 heterocycles. The summed E-state index contributed by atoms with van der Waals surface area (Å²) in [6.07, 6.45) is 2.51. The highest BCUT2D eigenvalue weighted by atomic mass is 32.1. The first-order valence-electron chi connectivity index (χ1n) is 4.89. The Bertz CT molecular complexity index is 462. The number of hydrogen-bond acceptors (Lipinski definition) is 7. The van der Waals surface area contributed by atoms with E-state index in [9.17, 15) is 0 Å². The van der Waals surface area contributed by atoms with Crippen molar-refractivity contribution in [1.29, 1.82) is 0 Å². The van der Waals surface area contributed by atoms with E-state index in [1.807, 2.05) is 14.0 Å². The Balaban J connectivity index is 2.40. The first-order valence-corrected chi connectivity index (χ1v) is 5.67. The van der Waals surface area contributed by atoms with E-state index in [1.54, 1.807) is 10.9 Å². The third kappa shape index (κ3) is 1.82. The van der Waals surface area contributed by atoms with Gasteiger partial charge in [-0.3, -0.25) is 10.5 Å². The van der Waals surface area contributed by atoms with Crippen LogP contribution in [-0.2, 0) is 13.5 Å². The number of rotatable bonds is 4. The summed E-state index contributed by atoms with van der Waals surface area (Å²) in [6, 6.07) is -0.157. The van der Waals surface area contributed by atoms with Crippen molar-refractivity contribution < 1.29 is 0 Å². The fraction of sp³-hybridized carbons (Fsp3) is 0.500. The van der Waals surface area contributed by atoms with E-state index in [0.717, 1.165) is 22.7 Å². The Morgan fingerprint density at radius 2 is 2.44 bits per heavy atom. The van der Waals surface area contributed by atoms with Crippen LogP contribution in [0.25, 0.3) is 0 Å². The Hall–Kier alpha value is -1.38. The normalized spacial score (nSPS) is 12.9.